The molecule has 1 fully saturated rings. The molecule has 4 nitrogen and oxygen atoms in total. The number of aromatic nitrogens is 2. The highest BCUT2D eigenvalue weighted by atomic mass is 16.1. The second-order valence-electron chi connectivity index (χ2n) is 5.60. The molecule has 0 unspecified atom stereocenters. The number of carbonyl (C=O) groups is 1. The summed E-state index contributed by atoms with van der Waals surface area (Å²) < 4.78 is 0. The zero-order chi connectivity index (χ0) is 13.5. The summed E-state index contributed by atoms with van der Waals surface area (Å²) in [4.78, 5) is 12.0. The predicted octanol–water partition coefficient (Wildman–Crippen LogP) is 2.74. The third kappa shape index (κ3) is 4.37. The number of H-pyrrole nitrogens is 1. The van der Waals surface area contributed by atoms with Gasteiger partial charge in [-0.1, -0.05) is 25.7 Å². The normalized spacial score (nSPS) is 17.1. The van der Waals surface area contributed by atoms with Gasteiger partial charge in [0.25, 0.3) is 0 Å². The van der Waals surface area contributed by atoms with Crippen molar-refractivity contribution in [1.82, 2.24) is 15.5 Å². The molecule has 0 spiro atoms. The molecule has 0 bridgehead atoms. The molecule has 4 heteroatoms. The van der Waals surface area contributed by atoms with Crippen molar-refractivity contribution in [3.05, 3.63) is 17.5 Å². The van der Waals surface area contributed by atoms with E-state index in [-0.39, 0.29) is 11.8 Å². The van der Waals surface area contributed by atoms with E-state index in [9.17, 15) is 4.79 Å². The van der Waals surface area contributed by atoms with Crippen LogP contribution in [0.15, 0.2) is 6.20 Å². The number of hydrogen-bond donors (Lipinski definition) is 2. The summed E-state index contributed by atoms with van der Waals surface area (Å²) in [6, 6.07) is 0. The molecule has 1 heterocycles. The van der Waals surface area contributed by atoms with Gasteiger partial charge in [-0.15, -0.1) is 0 Å². The SMILES string of the molecule is Cc1[nH]ncc1CCCNC(=O)C1CCCCCC1. The number of hydrogen-bond acceptors (Lipinski definition) is 2. The number of amides is 1. The maximum Gasteiger partial charge on any atom is 0.223 e. The lowest BCUT2D eigenvalue weighted by molar-refractivity contribution is -0.125. The van der Waals surface area contributed by atoms with Crippen molar-refractivity contribution in [2.24, 2.45) is 5.92 Å². The molecular formula is C15H25N3O. The Balaban J connectivity index is 1.64. The first kappa shape index (κ1) is 14.1. The Hall–Kier alpha value is -1.32. The zero-order valence-corrected chi connectivity index (χ0v) is 11.9. The van der Waals surface area contributed by atoms with E-state index in [1.54, 1.807) is 0 Å². The molecular weight excluding hydrogens is 238 g/mol. The molecule has 1 amide bonds. The van der Waals surface area contributed by atoms with Gasteiger partial charge in [0.15, 0.2) is 0 Å². The molecule has 0 radical (unpaired) electrons. The van der Waals surface area contributed by atoms with Gasteiger partial charge >= 0.3 is 0 Å². The Kier molecular flexibility index (Phi) is 5.43. The fourth-order valence-electron chi connectivity index (χ4n) is 2.80. The number of carbonyl (C=O) groups excluding carboxylic acids is 1. The monoisotopic (exact) mass is 263 g/mol. The van der Waals surface area contributed by atoms with Crippen LogP contribution >= 0.6 is 0 Å². The van der Waals surface area contributed by atoms with E-state index in [0.717, 1.165) is 37.9 Å². The van der Waals surface area contributed by atoms with Gasteiger partial charge in [0.2, 0.25) is 5.91 Å². The summed E-state index contributed by atoms with van der Waals surface area (Å²) in [5.41, 5.74) is 2.39. The molecule has 0 aliphatic heterocycles. The summed E-state index contributed by atoms with van der Waals surface area (Å²) in [5, 5.41) is 10.0. The summed E-state index contributed by atoms with van der Waals surface area (Å²) >= 11 is 0. The number of nitrogens with one attached hydrogen (secondary N) is 2. The number of nitrogens with zero attached hydrogens (tertiary/aromatic N) is 1. The molecule has 0 atom stereocenters. The minimum Gasteiger partial charge on any atom is -0.356 e. The zero-order valence-electron chi connectivity index (χ0n) is 11.9. The summed E-state index contributed by atoms with van der Waals surface area (Å²) in [7, 11) is 0. The quantitative estimate of drug-likeness (QED) is 0.634. The lowest BCUT2D eigenvalue weighted by Crippen LogP contribution is -2.31. The van der Waals surface area contributed by atoms with Gasteiger partial charge in [-0.05, 0) is 38.2 Å². The average molecular weight is 263 g/mol. The number of rotatable bonds is 5. The first-order chi connectivity index (χ1) is 9.27. The van der Waals surface area contributed by atoms with E-state index in [2.05, 4.69) is 15.5 Å². The van der Waals surface area contributed by atoms with Gasteiger partial charge in [0.05, 0.1) is 6.20 Å². The third-order valence-corrected chi connectivity index (χ3v) is 4.08. The number of aryl methyl sites for hydroxylation is 2. The molecule has 0 saturated heterocycles. The van der Waals surface area contributed by atoms with Crippen molar-refractivity contribution in [1.29, 1.82) is 0 Å². The highest BCUT2D eigenvalue weighted by Gasteiger charge is 2.19. The minimum atomic E-state index is 0.262. The molecule has 1 aromatic rings. The van der Waals surface area contributed by atoms with E-state index in [1.165, 1.54) is 31.2 Å². The third-order valence-electron chi connectivity index (χ3n) is 4.08. The molecule has 106 valence electrons. The van der Waals surface area contributed by atoms with Gasteiger partial charge in [-0.3, -0.25) is 9.89 Å². The van der Waals surface area contributed by atoms with Crippen LogP contribution in [0.2, 0.25) is 0 Å². The summed E-state index contributed by atoms with van der Waals surface area (Å²) in [6.45, 7) is 2.81. The van der Waals surface area contributed by atoms with Crippen molar-refractivity contribution in [2.75, 3.05) is 6.54 Å². The second kappa shape index (κ2) is 7.31. The maximum absolute atomic E-state index is 12.0. The van der Waals surface area contributed by atoms with Crippen LogP contribution in [0.1, 0.15) is 56.2 Å². The maximum atomic E-state index is 12.0. The Bertz CT molecular complexity index is 392. The first-order valence-corrected chi connectivity index (χ1v) is 7.54. The minimum absolute atomic E-state index is 0.262. The molecule has 1 aliphatic carbocycles. The Morgan fingerprint density at radius 2 is 2.11 bits per heavy atom. The van der Waals surface area contributed by atoms with Crippen molar-refractivity contribution >= 4 is 5.91 Å². The molecule has 1 saturated carbocycles. The van der Waals surface area contributed by atoms with Crippen molar-refractivity contribution < 1.29 is 4.79 Å². The Morgan fingerprint density at radius 3 is 2.74 bits per heavy atom. The smallest absolute Gasteiger partial charge is 0.223 e. The largest absolute Gasteiger partial charge is 0.356 e. The average Bonchev–Trinajstić information content (AvgIpc) is 2.68. The van der Waals surface area contributed by atoms with E-state index in [4.69, 9.17) is 0 Å². The highest BCUT2D eigenvalue weighted by Crippen LogP contribution is 2.22. The molecule has 2 N–H and O–H groups in total. The van der Waals surface area contributed by atoms with E-state index in [0.29, 0.717) is 0 Å². The molecule has 0 aromatic carbocycles. The Labute approximate surface area is 115 Å². The Morgan fingerprint density at radius 1 is 1.37 bits per heavy atom. The van der Waals surface area contributed by atoms with Crippen LogP contribution in [0.3, 0.4) is 0 Å². The molecule has 1 aromatic heterocycles. The standard InChI is InChI=1S/C15H25N3O/c1-12-14(11-17-18-12)9-6-10-16-15(19)13-7-4-2-3-5-8-13/h11,13H,2-10H2,1H3,(H,16,19)(H,17,18). The molecule has 2 rings (SSSR count). The van der Waals surface area contributed by atoms with Crippen LogP contribution in [0, 0.1) is 12.8 Å². The van der Waals surface area contributed by atoms with E-state index < -0.39 is 0 Å². The van der Waals surface area contributed by atoms with Crippen molar-refractivity contribution in [2.45, 2.75) is 58.3 Å². The van der Waals surface area contributed by atoms with Crippen LogP contribution in [0.5, 0.6) is 0 Å². The van der Waals surface area contributed by atoms with Crippen LogP contribution in [-0.2, 0) is 11.2 Å². The molecule has 1 aliphatic rings. The van der Waals surface area contributed by atoms with E-state index in [1.807, 2.05) is 13.1 Å². The molecule has 19 heavy (non-hydrogen) atoms. The summed E-state index contributed by atoms with van der Waals surface area (Å²) in [5.74, 6) is 0.531. The van der Waals surface area contributed by atoms with Gasteiger partial charge in [-0.2, -0.15) is 5.10 Å². The lowest BCUT2D eigenvalue weighted by atomic mass is 9.99. The van der Waals surface area contributed by atoms with Crippen LogP contribution < -0.4 is 5.32 Å². The van der Waals surface area contributed by atoms with Gasteiger partial charge in [-0.25, -0.2) is 0 Å². The highest BCUT2D eigenvalue weighted by molar-refractivity contribution is 5.78. The fourth-order valence-corrected chi connectivity index (χ4v) is 2.80. The lowest BCUT2D eigenvalue weighted by Gasteiger charge is -2.13. The fraction of sp³-hybridized carbons (Fsp3) is 0.733. The van der Waals surface area contributed by atoms with Gasteiger partial charge < -0.3 is 5.32 Å². The number of aromatic amines is 1. The second-order valence-corrected chi connectivity index (χ2v) is 5.60. The van der Waals surface area contributed by atoms with Crippen LogP contribution in [0.25, 0.3) is 0 Å². The van der Waals surface area contributed by atoms with Gasteiger partial charge in [0.1, 0.15) is 0 Å². The predicted molar refractivity (Wildman–Crippen MR) is 75.8 cm³/mol. The van der Waals surface area contributed by atoms with Crippen LogP contribution in [0.4, 0.5) is 0 Å². The van der Waals surface area contributed by atoms with Crippen molar-refractivity contribution in [3.63, 3.8) is 0 Å². The van der Waals surface area contributed by atoms with E-state index >= 15 is 0 Å². The van der Waals surface area contributed by atoms with Gasteiger partial charge in [0, 0.05) is 18.2 Å². The first-order valence-electron chi connectivity index (χ1n) is 7.54. The van der Waals surface area contributed by atoms with Crippen molar-refractivity contribution in [3.8, 4) is 0 Å². The topological polar surface area (TPSA) is 57.8 Å². The van der Waals surface area contributed by atoms with Crippen LogP contribution in [-0.4, -0.2) is 22.6 Å². The summed E-state index contributed by atoms with van der Waals surface area (Å²) in [6.07, 6.45) is 11.0.